The van der Waals surface area contributed by atoms with E-state index in [-0.39, 0.29) is 5.82 Å². The van der Waals surface area contributed by atoms with Crippen molar-refractivity contribution in [2.75, 3.05) is 19.0 Å². The molecular weight excluding hydrogens is 334 g/mol. The molecule has 8 heteroatoms. The Morgan fingerprint density at radius 2 is 2.15 bits per heavy atom. The summed E-state index contributed by atoms with van der Waals surface area (Å²) in [4.78, 5) is 20.9. The molecule has 1 amide bonds. The second kappa shape index (κ2) is 7.81. The highest BCUT2D eigenvalue weighted by Gasteiger charge is 2.17. The number of benzene rings is 1. The smallest absolute Gasteiger partial charge is 0.295 e. The number of hydrogen-bond acceptors (Lipinski definition) is 6. The molecule has 0 aliphatic carbocycles. The molecule has 0 bridgehead atoms. The molecule has 2 heterocycles. The fourth-order valence-corrected chi connectivity index (χ4v) is 2.37. The van der Waals surface area contributed by atoms with Crippen molar-refractivity contribution < 1.29 is 14.3 Å². The van der Waals surface area contributed by atoms with E-state index in [1.54, 1.807) is 37.6 Å². The third-order valence-electron chi connectivity index (χ3n) is 3.82. The van der Waals surface area contributed by atoms with Gasteiger partial charge < -0.3 is 14.8 Å². The monoisotopic (exact) mass is 355 g/mol. The molecule has 0 radical (unpaired) electrons. The number of carbonyl (C=O) groups excluding carboxylic acids is 1. The zero-order valence-electron chi connectivity index (χ0n) is 15.0. The minimum Gasteiger partial charge on any atom is -0.497 e. The van der Waals surface area contributed by atoms with Crippen LogP contribution in [0.1, 0.15) is 36.1 Å². The number of hydrogen-bond donors (Lipinski definition) is 1. The maximum atomic E-state index is 12.6. The maximum Gasteiger partial charge on any atom is 0.295 e. The lowest BCUT2D eigenvalue weighted by Gasteiger charge is -2.13. The number of unbranched alkanes of at least 4 members (excludes halogenated alkanes) is 1. The van der Waals surface area contributed by atoms with E-state index in [0.717, 1.165) is 18.5 Å². The Hall–Kier alpha value is -3.16. The number of rotatable bonds is 7. The Morgan fingerprint density at radius 1 is 1.31 bits per heavy atom. The van der Waals surface area contributed by atoms with Crippen LogP contribution in [0.2, 0.25) is 0 Å². The van der Waals surface area contributed by atoms with E-state index in [1.807, 2.05) is 6.92 Å². The number of anilines is 1. The van der Waals surface area contributed by atoms with Gasteiger partial charge in [-0.25, -0.2) is 9.50 Å². The second-order valence-electron chi connectivity index (χ2n) is 5.75. The quantitative estimate of drug-likeness (QED) is 0.655. The summed E-state index contributed by atoms with van der Waals surface area (Å²) in [5.74, 6) is 1.16. The van der Waals surface area contributed by atoms with Crippen LogP contribution in [0.5, 0.6) is 11.5 Å². The van der Waals surface area contributed by atoms with E-state index in [9.17, 15) is 4.79 Å². The summed E-state index contributed by atoms with van der Waals surface area (Å²) in [6, 6.07) is 7.06. The summed E-state index contributed by atoms with van der Waals surface area (Å²) < 4.78 is 12.5. The van der Waals surface area contributed by atoms with Gasteiger partial charge in [-0.15, -0.1) is 5.10 Å². The number of fused-ring (bicyclic) bond motifs is 1. The summed E-state index contributed by atoms with van der Waals surface area (Å²) in [7, 11) is 1.57. The molecule has 0 atom stereocenters. The number of aryl methyl sites for hydroxylation is 1. The zero-order chi connectivity index (χ0) is 18.5. The Balaban J connectivity index is 1.85. The Labute approximate surface area is 151 Å². The highest BCUT2D eigenvalue weighted by atomic mass is 16.5. The topological polar surface area (TPSA) is 90.6 Å². The van der Waals surface area contributed by atoms with Crippen molar-refractivity contribution >= 4 is 17.4 Å². The summed E-state index contributed by atoms with van der Waals surface area (Å²) in [5.41, 5.74) is 1.35. The van der Waals surface area contributed by atoms with Gasteiger partial charge in [-0.3, -0.25) is 4.79 Å². The van der Waals surface area contributed by atoms with Crippen molar-refractivity contribution in [3.63, 3.8) is 0 Å². The van der Waals surface area contributed by atoms with Gasteiger partial charge in [0.05, 0.1) is 19.4 Å². The third-order valence-corrected chi connectivity index (χ3v) is 3.82. The van der Waals surface area contributed by atoms with Gasteiger partial charge >= 0.3 is 0 Å². The lowest BCUT2D eigenvalue weighted by molar-refractivity contribution is 0.101. The van der Waals surface area contributed by atoms with Crippen LogP contribution < -0.4 is 14.8 Å². The SMILES string of the molecule is CCCCOc1ccc(OC)cc1NC(=O)c1nc2nccc(C)n2n1. The lowest BCUT2D eigenvalue weighted by atomic mass is 10.2. The molecule has 0 saturated carbocycles. The van der Waals surface area contributed by atoms with Crippen molar-refractivity contribution in [2.45, 2.75) is 26.7 Å². The minimum atomic E-state index is -0.441. The minimum absolute atomic E-state index is 0.0362. The first kappa shape index (κ1) is 17.7. The Morgan fingerprint density at radius 3 is 2.88 bits per heavy atom. The van der Waals surface area contributed by atoms with Crippen LogP contribution >= 0.6 is 0 Å². The van der Waals surface area contributed by atoms with Crippen molar-refractivity contribution in [1.82, 2.24) is 19.6 Å². The van der Waals surface area contributed by atoms with Gasteiger partial charge in [0.1, 0.15) is 11.5 Å². The van der Waals surface area contributed by atoms with Gasteiger partial charge in [-0.2, -0.15) is 4.98 Å². The molecule has 0 fully saturated rings. The highest BCUT2D eigenvalue weighted by molar-refractivity contribution is 6.02. The number of aromatic nitrogens is 4. The van der Waals surface area contributed by atoms with E-state index in [2.05, 4.69) is 27.3 Å². The standard InChI is InChI=1S/C18H21N5O3/c1-4-5-10-26-15-7-6-13(25-3)11-14(15)20-17(24)16-21-18-19-9-8-12(2)23(18)22-16/h6-9,11H,4-5,10H2,1-3H3,(H,20,24). The molecule has 3 aromatic rings. The van der Waals surface area contributed by atoms with Crippen LogP contribution in [-0.4, -0.2) is 39.2 Å². The first-order chi connectivity index (χ1) is 12.6. The molecule has 0 unspecified atom stereocenters. The number of amides is 1. The maximum absolute atomic E-state index is 12.6. The van der Waals surface area contributed by atoms with Crippen molar-refractivity contribution in [2.24, 2.45) is 0 Å². The number of ether oxygens (including phenoxy) is 2. The molecule has 0 aliphatic heterocycles. The summed E-state index contributed by atoms with van der Waals surface area (Å²) >= 11 is 0. The molecular formula is C18H21N5O3. The predicted octanol–water partition coefficient (Wildman–Crippen LogP) is 2.87. The molecule has 8 nitrogen and oxygen atoms in total. The Bertz CT molecular complexity index is 922. The van der Waals surface area contributed by atoms with E-state index in [4.69, 9.17) is 9.47 Å². The molecule has 136 valence electrons. The van der Waals surface area contributed by atoms with Gasteiger partial charge in [-0.1, -0.05) is 13.3 Å². The summed E-state index contributed by atoms with van der Waals surface area (Å²) in [6.45, 7) is 4.53. The van der Waals surface area contributed by atoms with Crippen molar-refractivity contribution in [1.29, 1.82) is 0 Å². The highest BCUT2D eigenvalue weighted by Crippen LogP contribution is 2.29. The first-order valence-electron chi connectivity index (χ1n) is 8.43. The molecule has 0 aliphatic rings. The van der Waals surface area contributed by atoms with Crippen LogP contribution in [0.4, 0.5) is 5.69 Å². The predicted molar refractivity (Wildman–Crippen MR) is 96.9 cm³/mol. The van der Waals surface area contributed by atoms with Gasteiger partial charge in [0.2, 0.25) is 5.82 Å². The fraction of sp³-hybridized carbons (Fsp3) is 0.333. The largest absolute Gasteiger partial charge is 0.497 e. The van der Waals surface area contributed by atoms with Crippen LogP contribution in [0.25, 0.3) is 5.78 Å². The van der Waals surface area contributed by atoms with E-state index >= 15 is 0 Å². The van der Waals surface area contributed by atoms with E-state index in [0.29, 0.717) is 29.6 Å². The van der Waals surface area contributed by atoms with Crippen LogP contribution in [0.15, 0.2) is 30.5 Å². The summed E-state index contributed by atoms with van der Waals surface area (Å²) in [6.07, 6.45) is 3.58. The number of nitrogens with one attached hydrogen (secondary N) is 1. The van der Waals surface area contributed by atoms with E-state index in [1.165, 1.54) is 4.52 Å². The van der Waals surface area contributed by atoms with Gasteiger partial charge in [-0.05, 0) is 31.5 Å². The molecule has 3 rings (SSSR count). The molecule has 2 aromatic heterocycles. The number of nitrogens with zero attached hydrogens (tertiary/aromatic N) is 4. The van der Waals surface area contributed by atoms with Crippen molar-refractivity contribution in [3.8, 4) is 11.5 Å². The molecule has 26 heavy (non-hydrogen) atoms. The summed E-state index contributed by atoms with van der Waals surface area (Å²) in [5, 5.41) is 7.01. The molecule has 0 saturated heterocycles. The lowest BCUT2D eigenvalue weighted by Crippen LogP contribution is -2.15. The van der Waals surface area contributed by atoms with Crippen LogP contribution in [0, 0.1) is 6.92 Å². The number of carbonyl (C=O) groups is 1. The first-order valence-corrected chi connectivity index (χ1v) is 8.43. The fourth-order valence-electron chi connectivity index (χ4n) is 2.37. The molecule has 0 spiro atoms. The number of methoxy groups -OCH3 is 1. The molecule has 1 aromatic carbocycles. The Kier molecular flexibility index (Phi) is 5.31. The third kappa shape index (κ3) is 3.74. The normalized spacial score (nSPS) is 10.7. The van der Waals surface area contributed by atoms with Crippen LogP contribution in [0.3, 0.4) is 0 Å². The van der Waals surface area contributed by atoms with Gasteiger partial charge in [0, 0.05) is 18.0 Å². The average molecular weight is 355 g/mol. The van der Waals surface area contributed by atoms with E-state index < -0.39 is 5.91 Å². The van der Waals surface area contributed by atoms with Gasteiger partial charge in [0.15, 0.2) is 0 Å². The molecule has 1 N–H and O–H groups in total. The second-order valence-corrected chi connectivity index (χ2v) is 5.75. The van der Waals surface area contributed by atoms with Gasteiger partial charge in [0.25, 0.3) is 11.7 Å². The average Bonchev–Trinajstić information content (AvgIpc) is 3.09. The zero-order valence-corrected chi connectivity index (χ0v) is 15.0. The van der Waals surface area contributed by atoms with Crippen molar-refractivity contribution in [3.05, 3.63) is 42.0 Å². The van der Waals surface area contributed by atoms with Crippen LogP contribution in [-0.2, 0) is 0 Å².